The van der Waals surface area contributed by atoms with Crippen molar-refractivity contribution in [1.82, 2.24) is 0 Å². The molecule has 7 nitrogen and oxygen atoms in total. The Labute approximate surface area is 190 Å². The van der Waals surface area contributed by atoms with E-state index in [1.54, 1.807) is 24.3 Å². The van der Waals surface area contributed by atoms with Crippen molar-refractivity contribution in [3.8, 4) is 11.5 Å². The quantitative estimate of drug-likeness (QED) is 0.460. The number of rotatable bonds is 9. The lowest BCUT2D eigenvalue weighted by molar-refractivity contribution is -0.146. The number of anilines is 1. The van der Waals surface area contributed by atoms with Gasteiger partial charge in [0.25, 0.3) is 5.91 Å². The molecule has 0 aromatic heterocycles. The van der Waals surface area contributed by atoms with E-state index in [-0.39, 0.29) is 11.3 Å². The van der Waals surface area contributed by atoms with Gasteiger partial charge in [-0.2, -0.15) is 0 Å². The van der Waals surface area contributed by atoms with Crippen LogP contribution in [0.1, 0.15) is 6.42 Å². The Kier molecular flexibility index (Phi) is 7.86. The summed E-state index contributed by atoms with van der Waals surface area (Å²) in [7, 11) is -3.66. The van der Waals surface area contributed by atoms with E-state index in [4.69, 9.17) is 21.1 Å². The molecule has 0 aliphatic carbocycles. The van der Waals surface area contributed by atoms with E-state index in [1.807, 2.05) is 30.3 Å². The molecule has 0 spiro atoms. The second kappa shape index (κ2) is 10.8. The van der Waals surface area contributed by atoms with E-state index in [0.717, 1.165) is 0 Å². The normalized spacial score (nSPS) is 10.9. The molecule has 0 bridgehead atoms. The Morgan fingerprint density at radius 1 is 0.844 bits per heavy atom. The lowest BCUT2D eigenvalue weighted by Gasteiger charge is -2.09. The van der Waals surface area contributed by atoms with Crippen molar-refractivity contribution in [2.24, 2.45) is 0 Å². The standard InChI is InChI=1S/C23H20ClNO6S/c24-17-6-12-21(13-7-17)32(28,29)15-14-23(27)30-16-22(26)25-18-8-10-20(11-9-18)31-19-4-2-1-3-5-19/h1-13H,14-16H2,(H,25,26). The zero-order valence-corrected chi connectivity index (χ0v) is 18.4. The van der Waals surface area contributed by atoms with E-state index < -0.39 is 34.1 Å². The molecule has 0 saturated heterocycles. The molecule has 3 rings (SSSR count). The maximum atomic E-state index is 12.2. The third-order valence-electron chi connectivity index (χ3n) is 4.23. The van der Waals surface area contributed by atoms with Gasteiger partial charge in [0.05, 0.1) is 17.1 Å². The Hall–Kier alpha value is -3.36. The first-order valence-electron chi connectivity index (χ1n) is 9.58. The number of esters is 1. The van der Waals surface area contributed by atoms with Crippen LogP contribution in [-0.4, -0.2) is 32.7 Å². The number of sulfone groups is 1. The first-order chi connectivity index (χ1) is 15.3. The van der Waals surface area contributed by atoms with Crippen molar-refractivity contribution >= 4 is 39.0 Å². The molecule has 0 atom stereocenters. The molecule has 1 N–H and O–H groups in total. The van der Waals surface area contributed by atoms with Crippen LogP contribution in [0.2, 0.25) is 5.02 Å². The van der Waals surface area contributed by atoms with E-state index >= 15 is 0 Å². The van der Waals surface area contributed by atoms with Crippen molar-refractivity contribution in [2.45, 2.75) is 11.3 Å². The van der Waals surface area contributed by atoms with E-state index in [9.17, 15) is 18.0 Å². The fourth-order valence-electron chi connectivity index (χ4n) is 2.62. The van der Waals surface area contributed by atoms with Crippen LogP contribution in [0.25, 0.3) is 0 Å². The minimum atomic E-state index is -3.66. The smallest absolute Gasteiger partial charge is 0.307 e. The van der Waals surface area contributed by atoms with E-state index in [2.05, 4.69) is 5.32 Å². The summed E-state index contributed by atoms with van der Waals surface area (Å²) < 4.78 is 35.0. The number of hydrogen-bond donors (Lipinski definition) is 1. The molecule has 0 heterocycles. The predicted molar refractivity (Wildman–Crippen MR) is 121 cm³/mol. The molecule has 0 radical (unpaired) electrons. The largest absolute Gasteiger partial charge is 0.457 e. The summed E-state index contributed by atoms with van der Waals surface area (Å²) in [5.74, 6) is -0.477. The molecule has 0 unspecified atom stereocenters. The highest BCUT2D eigenvalue weighted by atomic mass is 35.5. The van der Waals surface area contributed by atoms with Crippen LogP contribution in [0, 0.1) is 0 Å². The average molecular weight is 474 g/mol. The first-order valence-corrected chi connectivity index (χ1v) is 11.6. The van der Waals surface area contributed by atoms with Crippen LogP contribution in [0.5, 0.6) is 11.5 Å². The van der Waals surface area contributed by atoms with Crippen LogP contribution in [-0.2, 0) is 24.2 Å². The second-order valence-corrected chi connectivity index (χ2v) is 9.22. The third-order valence-corrected chi connectivity index (χ3v) is 6.21. The molecule has 9 heteroatoms. The van der Waals surface area contributed by atoms with Gasteiger partial charge in [-0.1, -0.05) is 29.8 Å². The molecular formula is C23H20ClNO6S. The average Bonchev–Trinajstić information content (AvgIpc) is 2.79. The molecule has 166 valence electrons. The van der Waals surface area contributed by atoms with Gasteiger partial charge in [0.2, 0.25) is 0 Å². The highest BCUT2D eigenvalue weighted by Gasteiger charge is 2.17. The Balaban J connectivity index is 1.42. The first kappa shape index (κ1) is 23.3. The van der Waals surface area contributed by atoms with Gasteiger partial charge in [0.1, 0.15) is 11.5 Å². The number of halogens is 1. The molecule has 0 fully saturated rings. The number of ether oxygens (including phenoxy) is 2. The van der Waals surface area contributed by atoms with Crippen LogP contribution in [0.3, 0.4) is 0 Å². The van der Waals surface area contributed by atoms with E-state index in [1.165, 1.54) is 24.3 Å². The van der Waals surface area contributed by atoms with Crippen molar-refractivity contribution < 1.29 is 27.5 Å². The summed E-state index contributed by atoms with van der Waals surface area (Å²) in [6.07, 6.45) is -0.371. The van der Waals surface area contributed by atoms with Gasteiger partial charge in [0.15, 0.2) is 16.4 Å². The zero-order chi connectivity index (χ0) is 23.0. The van der Waals surface area contributed by atoms with Gasteiger partial charge in [-0.05, 0) is 60.7 Å². The lowest BCUT2D eigenvalue weighted by atomic mass is 10.3. The van der Waals surface area contributed by atoms with Crippen molar-refractivity contribution in [2.75, 3.05) is 17.7 Å². The van der Waals surface area contributed by atoms with Gasteiger partial charge in [-0.15, -0.1) is 0 Å². The topological polar surface area (TPSA) is 98.8 Å². The number of nitrogens with one attached hydrogen (secondary N) is 1. The molecule has 3 aromatic carbocycles. The maximum Gasteiger partial charge on any atom is 0.307 e. The van der Waals surface area contributed by atoms with E-state index in [0.29, 0.717) is 22.2 Å². The number of carbonyl (C=O) groups is 2. The van der Waals surface area contributed by atoms with Crippen LogP contribution in [0.15, 0.2) is 83.8 Å². The summed E-state index contributed by atoms with van der Waals surface area (Å²) in [4.78, 5) is 23.9. The van der Waals surface area contributed by atoms with Gasteiger partial charge in [-0.25, -0.2) is 8.42 Å². The number of hydrogen-bond acceptors (Lipinski definition) is 6. The fraction of sp³-hybridized carbons (Fsp3) is 0.130. The van der Waals surface area contributed by atoms with Crippen LogP contribution >= 0.6 is 11.6 Å². The lowest BCUT2D eigenvalue weighted by Crippen LogP contribution is -2.22. The highest BCUT2D eigenvalue weighted by Crippen LogP contribution is 2.22. The van der Waals surface area contributed by atoms with Gasteiger partial charge >= 0.3 is 5.97 Å². The fourth-order valence-corrected chi connectivity index (χ4v) is 3.97. The third kappa shape index (κ3) is 7.11. The summed E-state index contributed by atoms with van der Waals surface area (Å²) in [6, 6.07) is 21.6. The number of amides is 1. The summed E-state index contributed by atoms with van der Waals surface area (Å²) >= 11 is 5.75. The molecule has 0 aliphatic rings. The number of para-hydroxylation sites is 1. The molecule has 3 aromatic rings. The minimum absolute atomic E-state index is 0.0622. The summed E-state index contributed by atoms with van der Waals surface area (Å²) in [5, 5.41) is 3.00. The van der Waals surface area contributed by atoms with Crippen molar-refractivity contribution in [3.05, 3.63) is 83.9 Å². The van der Waals surface area contributed by atoms with Gasteiger partial charge < -0.3 is 14.8 Å². The number of benzene rings is 3. The van der Waals surface area contributed by atoms with Crippen molar-refractivity contribution in [1.29, 1.82) is 0 Å². The molecule has 1 amide bonds. The Bertz CT molecular complexity index is 1160. The number of carbonyl (C=O) groups excluding carboxylic acids is 2. The highest BCUT2D eigenvalue weighted by molar-refractivity contribution is 7.91. The summed E-state index contributed by atoms with van der Waals surface area (Å²) in [6.45, 7) is -0.526. The monoisotopic (exact) mass is 473 g/mol. The van der Waals surface area contributed by atoms with Gasteiger partial charge in [-0.3, -0.25) is 9.59 Å². The zero-order valence-electron chi connectivity index (χ0n) is 16.9. The van der Waals surface area contributed by atoms with Gasteiger partial charge in [0, 0.05) is 10.7 Å². The Morgan fingerprint density at radius 3 is 2.12 bits per heavy atom. The molecule has 32 heavy (non-hydrogen) atoms. The van der Waals surface area contributed by atoms with Crippen molar-refractivity contribution in [3.63, 3.8) is 0 Å². The maximum absolute atomic E-state index is 12.2. The molecular weight excluding hydrogens is 454 g/mol. The minimum Gasteiger partial charge on any atom is -0.457 e. The summed E-state index contributed by atoms with van der Waals surface area (Å²) in [5.41, 5.74) is 0.497. The molecule has 0 aliphatic heterocycles. The predicted octanol–water partition coefficient (Wildman–Crippen LogP) is 4.48. The Morgan fingerprint density at radius 2 is 1.47 bits per heavy atom. The second-order valence-electron chi connectivity index (χ2n) is 6.67. The molecule has 0 saturated carbocycles. The SMILES string of the molecule is O=C(COC(=O)CCS(=O)(=O)c1ccc(Cl)cc1)Nc1ccc(Oc2ccccc2)cc1. The van der Waals surface area contributed by atoms with Crippen LogP contribution < -0.4 is 10.1 Å². The van der Waals surface area contributed by atoms with Crippen LogP contribution in [0.4, 0.5) is 5.69 Å².